The van der Waals surface area contributed by atoms with E-state index in [2.05, 4.69) is 30.8 Å². The summed E-state index contributed by atoms with van der Waals surface area (Å²) in [7, 11) is -32.0. The molecule has 7 aliphatic carbocycles. The van der Waals surface area contributed by atoms with Crippen molar-refractivity contribution in [2.24, 2.45) is 0 Å². The number of rotatable bonds is 9. The Bertz CT molecular complexity index is 1700. The van der Waals surface area contributed by atoms with E-state index in [1.165, 1.54) is 0 Å². The van der Waals surface area contributed by atoms with Crippen LogP contribution in [0.1, 0.15) is 185 Å². The van der Waals surface area contributed by atoms with Gasteiger partial charge in [-0.05, 0) is 95.5 Å². The third-order valence-electron chi connectivity index (χ3n) is 17.9. The maximum atomic E-state index is 8.49. The van der Waals surface area contributed by atoms with Crippen molar-refractivity contribution < 1.29 is 49.4 Å². The molecule has 0 atom stereocenters. The van der Waals surface area contributed by atoms with Gasteiger partial charge in [-0.2, -0.15) is 0 Å². The van der Waals surface area contributed by atoms with Gasteiger partial charge in [-0.25, -0.2) is 0 Å². The van der Waals surface area contributed by atoms with Crippen LogP contribution >= 0.6 is 0 Å². The molecule has 6 aliphatic heterocycles. The molecule has 0 amide bonds. The number of hydrogen-bond donors (Lipinski definition) is 0. The minimum Gasteiger partial charge on any atom is -0.373 e. The second kappa shape index (κ2) is 16.1. The fraction of sp³-hybridized carbons (Fsp3) is 0.814. The molecule has 0 aromatic heterocycles. The minimum atomic E-state index is -4.23. The molecule has 20 heteroatoms. The molecule has 0 radical (unpaired) electrons. The number of hydrogen-bond acceptors (Lipinski definition) is 12. The van der Waals surface area contributed by atoms with Gasteiger partial charge in [0.05, 0.1) is 0 Å². The van der Waals surface area contributed by atoms with Crippen molar-refractivity contribution in [3.63, 3.8) is 0 Å². The lowest BCUT2D eigenvalue weighted by atomic mass is 10.2. The van der Waals surface area contributed by atoms with Crippen LogP contribution in [-0.4, -0.2) is 70.4 Å². The smallest absolute Gasteiger partial charge is 0.373 e. The molecule has 14 rings (SSSR count). The molecular weight excluding hydrogens is 933 g/mol. The van der Waals surface area contributed by atoms with Gasteiger partial charge >= 0.3 is 70.4 Å². The van der Waals surface area contributed by atoms with E-state index in [4.69, 9.17) is 49.4 Å². The Labute approximate surface area is 384 Å². The molecule has 1 aromatic carbocycles. The molecule has 0 spiro atoms. The molecule has 63 heavy (non-hydrogen) atoms. The standard InChI is InChI=1S/C43H70O12Si8/c1-2-35-31-33-43(34-32-35)63-53-60(40-25-11-12-26-40)47-57(37-19-5-6-20-37)44-56(36-17-3-4-18-36)45-58(49-60,38-21-7-8-22-38)51-62(55-63,42-29-15-16-30-42)52-59(46-56,39-23-9-10-24-39)50-61(48-57,54-63)41-27-13-14-28-41/h2,31-34,36-42H,1,3-30H2. The van der Waals surface area contributed by atoms with Crippen molar-refractivity contribution in [1.29, 1.82) is 0 Å². The van der Waals surface area contributed by atoms with E-state index in [0.717, 1.165) is 191 Å². The first-order chi connectivity index (χ1) is 30.8. The van der Waals surface area contributed by atoms with Gasteiger partial charge in [0.1, 0.15) is 0 Å². The molecule has 1 aromatic rings. The molecule has 0 N–H and O–H groups in total. The molecule has 13 aliphatic rings. The fourth-order valence-corrected chi connectivity index (χ4v) is 70.1. The summed E-state index contributed by atoms with van der Waals surface area (Å²) in [6, 6.07) is 8.57. The van der Waals surface area contributed by atoms with Crippen molar-refractivity contribution in [1.82, 2.24) is 0 Å². The van der Waals surface area contributed by atoms with Crippen LogP contribution in [0.3, 0.4) is 0 Å². The summed E-state index contributed by atoms with van der Waals surface area (Å²) in [5, 5.41) is 0.881. The molecule has 12 nitrogen and oxygen atoms in total. The highest BCUT2D eigenvalue weighted by Gasteiger charge is 2.88. The van der Waals surface area contributed by atoms with E-state index >= 15 is 0 Å². The van der Waals surface area contributed by atoms with E-state index in [0.29, 0.717) is 0 Å². The molecule has 6 saturated heterocycles. The topological polar surface area (TPSA) is 111 Å². The van der Waals surface area contributed by atoms with Gasteiger partial charge in [-0.3, -0.25) is 0 Å². The van der Waals surface area contributed by atoms with Gasteiger partial charge in [0, 0.05) is 44.0 Å². The normalized spacial score (nSPS) is 46.9. The second-order valence-electron chi connectivity index (χ2n) is 21.7. The first kappa shape index (κ1) is 43.3. The Morgan fingerprint density at radius 3 is 0.683 bits per heavy atom. The summed E-state index contributed by atoms with van der Waals surface area (Å²) in [5.74, 6) is 0. The zero-order chi connectivity index (χ0) is 42.0. The van der Waals surface area contributed by atoms with Crippen molar-refractivity contribution >= 4 is 81.7 Å². The predicted molar refractivity (Wildman–Crippen MR) is 251 cm³/mol. The lowest BCUT2D eigenvalue weighted by molar-refractivity contribution is -0.0427. The average molecular weight is 1000 g/mol. The largest absolute Gasteiger partial charge is 0.515 e. The van der Waals surface area contributed by atoms with Crippen molar-refractivity contribution in [3.05, 3.63) is 36.4 Å². The average Bonchev–Trinajstić information content (AvgIpc) is 4.12. The summed E-state index contributed by atoms with van der Waals surface area (Å²) >= 11 is 0. The Hall–Kier alpha value is 0.215. The predicted octanol–water partition coefficient (Wildman–Crippen LogP) is 10.9. The Morgan fingerprint density at radius 1 is 0.302 bits per heavy atom. The molecule has 6 heterocycles. The van der Waals surface area contributed by atoms with E-state index < -0.39 is 70.4 Å². The lowest BCUT2D eigenvalue weighted by Crippen LogP contribution is -2.91. The Morgan fingerprint density at radius 2 is 0.492 bits per heavy atom. The van der Waals surface area contributed by atoms with Crippen LogP contribution in [0.15, 0.2) is 30.8 Å². The van der Waals surface area contributed by atoms with E-state index in [1.54, 1.807) is 0 Å². The van der Waals surface area contributed by atoms with E-state index in [-0.39, 0.29) is 38.8 Å². The quantitative estimate of drug-likeness (QED) is 0.220. The van der Waals surface area contributed by atoms with Crippen molar-refractivity contribution in [2.45, 2.75) is 219 Å². The summed E-state index contributed by atoms with van der Waals surface area (Å²) < 4.78 is 102. The van der Waals surface area contributed by atoms with E-state index in [1.807, 2.05) is 6.08 Å². The van der Waals surface area contributed by atoms with Gasteiger partial charge in [0.2, 0.25) is 0 Å². The Kier molecular flexibility index (Phi) is 11.1. The molecule has 7 saturated carbocycles. The van der Waals surface area contributed by atoms with Crippen LogP contribution in [0.5, 0.6) is 0 Å². The van der Waals surface area contributed by atoms with Crippen molar-refractivity contribution in [2.75, 3.05) is 0 Å². The highest BCUT2D eigenvalue weighted by Crippen LogP contribution is 2.66. The summed E-state index contributed by atoms with van der Waals surface area (Å²) in [6.07, 6.45) is 30.7. The van der Waals surface area contributed by atoms with Gasteiger partial charge < -0.3 is 49.4 Å². The highest BCUT2D eigenvalue weighted by atomic mass is 28.6. The van der Waals surface area contributed by atoms with Crippen LogP contribution in [-0.2, 0) is 49.4 Å². The molecule has 346 valence electrons. The molecule has 8 bridgehead atoms. The van der Waals surface area contributed by atoms with Crippen LogP contribution in [0, 0.1) is 0 Å². The molecule has 0 unspecified atom stereocenters. The second-order valence-corrected chi connectivity index (χ2v) is 47.4. The highest BCUT2D eigenvalue weighted by molar-refractivity contribution is 7.06. The maximum Gasteiger partial charge on any atom is 0.515 e. The summed E-state index contributed by atoms with van der Waals surface area (Å²) in [6.45, 7) is 4.13. The third kappa shape index (κ3) is 6.87. The monoisotopic (exact) mass is 1000 g/mol. The fourth-order valence-electron chi connectivity index (χ4n) is 14.6. The van der Waals surface area contributed by atoms with Gasteiger partial charge in [-0.15, -0.1) is 0 Å². The summed E-state index contributed by atoms with van der Waals surface area (Å²) in [5.41, 5.74) is 1.24. The molecular formula is C43H70O12Si8. The zero-order valence-electron chi connectivity index (χ0n) is 37.3. The van der Waals surface area contributed by atoms with Crippen LogP contribution in [0.25, 0.3) is 6.08 Å². The minimum absolute atomic E-state index is 0.00696. The lowest BCUT2D eigenvalue weighted by Gasteiger charge is -2.66. The number of benzene rings is 1. The maximum absolute atomic E-state index is 8.49. The summed E-state index contributed by atoms with van der Waals surface area (Å²) in [4.78, 5) is 0. The third-order valence-corrected chi connectivity index (χ3v) is 57.1. The van der Waals surface area contributed by atoms with Gasteiger partial charge in [0.15, 0.2) is 0 Å². The SMILES string of the molecule is C=Cc1ccc([Si]23O[Si]4(C5CCCC5)O[Si]5(C6CCCC6)O[Si](C6CCCC6)(O2)O[Si]2(C6CCCC6)O[Si](C6CCCC6)(O3)O[Si](C3CCCC3)(O4)O[Si](C3CCCC3)(O5)O2)cc1. The van der Waals surface area contributed by atoms with Gasteiger partial charge in [0.25, 0.3) is 0 Å². The van der Waals surface area contributed by atoms with Crippen LogP contribution in [0.4, 0.5) is 0 Å². The van der Waals surface area contributed by atoms with Gasteiger partial charge in [-0.1, -0.05) is 127 Å². The van der Waals surface area contributed by atoms with Crippen LogP contribution in [0.2, 0.25) is 38.8 Å². The van der Waals surface area contributed by atoms with Crippen molar-refractivity contribution in [3.8, 4) is 0 Å². The first-order valence-electron chi connectivity index (χ1n) is 25.9. The Balaban J connectivity index is 1.15. The van der Waals surface area contributed by atoms with Crippen LogP contribution < -0.4 is 5.19 Å². The molecule has 13 fully saturated rings. The first-order valence-corrected chi connectivity index (χ1v) is 40.2. The zero-order valence-corrected chi connectivity index (χ0v) is 45.3. The van der Waals surface area contributed by atoms with E-state index in [9.17, 15) is 0 Å².